The third-order valence-corrected chi connectivity index (χ3v) is 6.54. The largest absolute Gasteiger partial charge is 0.293 e. The molecule has 0 aliphatic rings. The first-order valence-electron chi connectivity index (χ1n) is 9.17. The maximum atomic E-state index is 13.5. The smallest absolute Gasteiger partial charge is 0.173 e. The highest BCUT2D eigenvalue weighted by molar-refractivity contribution is 8.00. The molecule has 0 amide bonds. The number of Topliss-reactive ketones (excluding diaryl/α,β-unsaturated/α-hetero) is 1. The van der Waals surface area contributed by atoms with Gasteiger partial charge < -0.3 is 0 Å². The average molecular weight is 423 g/mol. The van der Waals surface area contributed by atoms with E-state index in [-0.39, 0.29) is 17.4 Å². The molecule has 0 spiro atoms. The van der Waals surface area contributed by atoms with E-state index >= 15 is 0 Å². The highest BCUT2D eigenvalue weighted by atomic mass is 32.2. The summed E-state index contributed by atoms with van der Waals surface area (Å²) in [5.41, 5.74) is 4.38. The zero-order valence-electron chi connectivity index (χ0n) is 16.3. The maximum absolute atomic E-state index is 13.5. The summed E-state index contributed by atoms with van der Waals surface area (Å²) in [5.74, 6) is 0.570. The summed E-state index contributed by atoms with van der Waals surface area (Å²) in [4.78, 5) is 22.8. The molecule has 0 radical (unpaired) electrons. The van der Waals surface area contributed by atoms with Gasteiger partial charge >= 0.3 is 0 Å². The molecule has 0 bridgehead atoms. The van der Waals surface area contributed by atoms with E-state index in [1.807, 2.05) is 6.92 Å². The second kappa shape index (κ2) is 8.05. The minimum atomic E-state index is -0.302. The molecule has 0 N–H and O–H groups in total. The Kier molecular flexibility index (Phi) is 5.48. The Morgan fingerprint density at radius 3 is 2.55 bits per heavy atom. The molecule has 4 rings (SSSR count). The fraction of sp³-hybridized carbons (Fsp3) is 0.174. The van der Waals surface area contributed by atoms with E-state index in [0.29, 0.717) is 17.0 Å². The predicted molar refractivity (Wildman–Crippen MR) is 119 cm³/mol. The number of ketones is 1. The van der Waals surface area contributed by atoms with Crippen LogP contribution in [0, 0.1) is 26.6 Å². The van der Waals surface area contributed by atoms with Crippen LogP contribution in [0.2, 0.25) is 0 Å². The molecule has 3 nitrogen and oxygen atoms in total. The van der Waals surface area contributed by atoms with Gasteiger partial charge in [0.05, 0.1) is 11.1 Å². The summed E-state index contributed by atoms with van der Waals surface area (Å²) in [7, 11) is 0. The Morgan fingerprint density at radius 2 is 1.83 bits per heavy atom. The molecule has 0 fully saturated rings. The van der Waals surface area contributed by atoms with Crippen molar-refractivity contribution in [1.29, 1.82) is 0 Å². The topological polar surface area (TPSA) is 42.9 Å². The van der Waals surface area contributed by atoms with Crippen molar-refractivity contribution in [3.8, 4) is 11.1 Å². The average Bonchev–Trinajstić information content (AvgIpc) is 3.12. The Hall–Kier alpha value is -2.57. The number of halogens is 1. The van der Waals surface area contributed by atoms with Gasteiger partial charge in [-0.3, -0.25) is 4.79 Å². The van der Waals surface area contributed by atoms with Gasteiger partial charge in [0.25, 0.3) is 0 Å². The maximum Gasteiger partial charge on any atom is 0.173 e. The second-order valence-electron chi connectivity index (χ2n) is 6.95. The molecule has 0 aliphatic heterocycles. The van der Waals surface area contributed by atoms with Crippen molar-refractivity contribution in [2.24, 2.45) is 0 Å². The van der Waals surface area contributed by atoms with Crippen LogP contribution in [0.15, 0.2) is 52.9 Å². The number of hydrogen-bond donors (Lipinski definition) is 0. The number of hydrogen-bond acceptors (Lipinski definition) is 5. The lowest BCUT2D eigenvalue weighted by atomic mass is 10.1. The molecule has 0 unspecified atom stereocenters. The fourth-order valence-electron chi connectivity index (χ4n) is 3.10. The van der Waals surface area contributed by atoms with Crippen molar-refractivity contribution in [2.75, 3.05) is 5.75 Å². The first kappa shape index (κ1) is 19.7. The molecule has 0 aliphatic carbocycles. The zero-order valence-corrected chi connectivity index (χ0v) is 18.0. The van der Waals surface area contributed by atoms with E-state index in [2.05, 4.69) is 46.5 Å². The summed E-state index contributed by atoms with van der Waals surface area (Å²) in [6.07, 6.45) is 0. The van der Waals surface area contributed by atoms with Crippen LogP contribution in [-0.4, -0.2) is 21.5 Å². The number of carbonyl (C=O) groups is 1. The van der Waals surface area contributed by atoms with E-state index in [1.165, 1.54) is 29.5 Å². The van der Waals surface area contributed by atoms with Gasteiger partial charge in [-0.1, -0.05) is 41.6 Å². The number of rotatable bonds is 5. The van der Waals surface area contributed by atoms with Gasteiger partial charge in [0.2, 0.25) is 0 Å². The van der Waals surface area contributed by atoms with Gasteiger partial charge in [-0.25, -0.2) is 14.4 Å². The molecule has 146 valence electrons. The number of thiophene rings is 1. The van der Waals surface area contributed by atoms with E-state index in [4.69, 9.17) is 0 Å². The summed E-state index contributed by atoms with van der Waals surface area (Å²) in [5, 5.41) is 3.88. The third kappa shape index (κ3) is 4.09. The summed E-state index contributed by atoms with van der Waals surface area (Å²) < 4.78 is 13.5. The lowest BCUT2D eigenvalue weighted by Gasteiger charge is -2.07. The van der Waals surface area contributed by atoms with E-state index < -0.39 is 0 Å². The van der Waals surface area contributed by atoms with E-state index in [0.717, 1.165) is 26.4 Å². The van der Waals surface area contributed by atoms with Crippen molar-refractivity contribution < 1.29 is 9.18 Å². The molecule has 0 atom stereocenters. The second-order valence-corrected chi connectivity index (χ2v) is 8.77. The van der Waals surface area contributed by atoms with Crippen molar-refractivity contribution in [1.82, 2.24) is 9.97 Å². The van der Waals surface area contributed by atoms with Crippen LogP contribution in [0.25, 0.3) is 21.3 Å². The van der Waals surface area contributed by atoms with Gasteiger partial charge in [-0.15, -0.1) is 11.3 Å². The normalized spacial score (nSPS) is 11.2. The minimum Gasteiger partial charge on any atom is -0.293 e. The van der Waals surface area contributed by atoms with Gasteiger partial charge in [0, 0.05) is 16.5 Å². The van der Waals surface area contributed by atoms with Crippen molar-refractivity contribution in [2.45, 2.75) is 25.8 Å². The number of thioether (sulfide) groups is 1. The molecule has 4 aromatic rings. The van der Waals surface area contributed by atoms with E-state index in [9.17, 15) is 9.18 Å². The highest BCUT2D eigenvalue weighted by Gasteiger charge is 2.17. The standard InChI is InChI=1S/C23H19FN2OS2/c1-13-4-6-16(7-5-13)18-11-28-22-21(18)23(26-15(3)25-22)29-12-20(27)17-8-9-19(24)14(2)10-17/h4-11H,12H2,1-3H3. The molecule has 29 heavy (non-hydrogen) atoms. The number of carbonyl (C=O) groups excluding carboxylic acids is 1. The molecule has 0 saturated heterocycles. The highest BCUT2D eigenvalue weighted by Crippen LogP contribution is 2.38. The van der Waals surface area contributed by atoms with E-state index in [1.54, 1.807) is 24.3 Å². The number of aryl methyl sites for hydroxylation is 3. The molecular formula is C23H19FN2OS2. The van der Waals surface area contributed by atoms with Crippen molar-refractivity contribution in [3.63, 3.8) is 0 Å². The molecular weight excluding hydrogens is 403 g/mol. The Morgan fingerprint density at radius 1 is 1.07 bits per heavy atom. The monoisotopic (exact) mass is 422 g/mol. The number of benzene rings is 2. The summed E-state index contributed by atoms with van der Waals surface area (Å²) >= 11 is 2.99. The van der Waals surface area contributed by atoms with Gasteiger partial charge in [0.1, 0.15) is 21.5 Å². The summed E-state index contributed by atoms with van der Waals surface area (Å²) in [6, 6.07) is 12.8. The first-order valence-corrected chi connectivity index (χ1v) is 11.0. The minimum absolute atomic E-state index is 0.0466. The fourth-order valence-corrected chi connectivity index (χ4v) is 5.14. The molecule has 0 saturated carbocycles. The lowest BCUT2D eigenvalue weighted by molar-refractivity contribution is 0.102. The number of fused-ring (bicyclic) bond motifs is 1. The molecule has 2 aromatic heterocycles. The SMILES string of the molecule is Cc1ccc(-c2csc3nc(C)nc(SCC(=O)c4ccc(F)c(C)c4)c23)cc1. The number of nitrogens with zero attached hydrogens (tertiary/aromatic N) is 2. The van der Waals surface area contributed by atoms with Crippen LogP contribution in [-0.2, 0) is 0 Å². The van der Waals surface area contributed by atoms with Crippen LogP contribution in [0.5, 0.6) is 0 Å². The first-order chi connectivity index (χ1) is 13.9. The Balaban J connectivity index is 1.67. The van der Waals surface area contributed by atoms with Crippen LogP contribution < -0.4 is 0 Å². The molecule has 6 heteroatoms. The van der Waals surface area contributed by atoms with Gasteiger partial charge in [0.15, 0.2) is 5.78 Å². The third-order valence-electron chi connectivity index (χ3n) is 4.69. The lowest BCUT2D eigenvalue weighted by Crippen LogP contribution is -2.04. The number of aromatic nitrogens is 2. The molecule has 2 aromatic carbocycles. The summed E-state index contributed by atoms with van der Waals surface area (Å²) in [6.45, 7) is 5.59. The van der Waals surface area contributed by atoms with Crippen LogP contribution in [0.3, 0.4) is 0 Å². The van der Waals surface area contributed by atoms with Crippen molar-refractivity contribution in [3.05, 3.63) is 76.2 Å². The van der Waals surface area contributed by atoms with Crippen LogP contribution in [0.4, 0.5) is 4.39 Å². The Labute approximate surface area is 177 Å². The van der Waals surface area contributed by atoms with Crippen LogP contribution >= 0.6 is 23.1 Å². The molecule has 2 heterocycles. The predicted octanol–water partition coefficient (Wildman–Crippen LogP) is 6.40. The van der Waals surface area contributed by atoms with Crippen molar-refractivity contribution >= 4 is 39.1 Å². The Bertz CT molecular complexity index is 1220. The quantitative estimate of drug-likeness (QED) is 0.212. The van der Waals surface area contributed by atoms with Gasteiger partial charge in [-0.05, 0) is 50.1 Å². The van der Waals surface area contributed by atoms with Gasteiger partial charge in [-0.2, -0.15) is 0 Å². The van der Waals surface area contributed by atoms with Crippen LogP contribution in [0.1, 0.15) is 27.3 Å². The zero-order chi connectivity index (χ0) is 20.5.